The first-order valence-electron chi connectivity index (χ1n) is 40.8. The normalized spacial score (nSPS) is 40.7. The molecule has 0 aromatic heterocycles. The minimum atomic E-state index is -1.97. The monoisotopic (exact) mass is 1860 g/mol. The highest BCUT2D eigenvalue weighted by Crippen LogP contribution is 2.38. The highest BCUT2D eigenvalue weighted by atomic mass is 32.1. The predicted molar refractivity (Wildman–Crippen MR) is 422 cm³/mol. The number of hydrogen-bond acceptors (Lipinski definition) is 42. The van der Waals surface area contributed by atoms with Crippen LogP contribution in [-0.2, 0) is 105 Å². The number of carbonyl (C=O) groups is 8. The Balaban J connectivity index is 1.05. The summed E-state index contributed by atoms with van der Waals surface area (Å²) in [5.41, 5.74) is 0. The lowest BCUT2D eigenvalue weighted by molar-refractivity contribution is -0.348. The summed E-state index contributed by atoms with van der Waals surface area (Å²) in [5, 5.41) is 229. The van der Waals surface area contributed by atoms with Gasteiger partial charge in [-0.1, -0.05) is 12.8 Å². The summed E-state index contributed by atoms with van der Waals surface area (Å²) in [6.07, 6.45) is -56.5. The number of nitrogens with one attached hydrogen (secondary N) is 12. The largest absolute Gasteiger partial charge is 0.394 e. The van der Waals surface area contributed by atoms with Gasteiger partial charge in [0.2, 0.25) is 47.3 Å². The summed E-state index contributed by atoms with van der Waals surface area (Å²) in [4.78, 5) is 104. The fourth-order valence-electron chi connectivity index (χ4n) is 15.8. The van der Waals surface area contributed by atoms with Crippen LogP contribution in [0.3, 0.4) is 0 Å². The van der Waals surface area contributed by atoms with Crippen molar-refractivity contribution < 1.29 is 197 Å². The van der Waals surface area contributed by atoms with Crippen LogP contribution < -0.4 is 63.8 Å². The average Bonchev–Trinajstić information content (AvgIpc) is 0.762. The van der Waals surface area contributed by atoms with Gasteiger partial charge in [0.15, 0.2) is 60.4 Å². The Morgan fingerprint density at radius 2 is 0.452 bits per heavy atom. The van der Waals surface area contributed by atoms with Gasteiger partial charge in [-0.15, -0.1) is 0 Å². The molecule has 722 valence electrons. The molecule has 0 aromatic carbocycles. The Bertz CT molecular complexity index is 3340. The van der Waals surface area contributed by atoms with Crippen molar-refractivity contribution in [3.05, 3.63) is 0 Å². The number of aliphatic hydroxyl groups is 18. The molecule has 8 rings (SSSR count). The van der Waals surface area contributed by atoms with Gasteiger partial charge in [-0.3, -0.25) is 38.4 Å². The van der Waals surface area contributed by atoms with Crippen molar-refractivity contribution in [1.29, 1.82) is 0 Å². The lowest BCUT2D eigenvalue weighted by Gasteiger charge is -2.52. The van der Waals surface area contributed by atoms with Gasteiger partial charge in [-0.2, -0.15) is 0 Å². The molecule has 8 heterocycles. The van der Waals surface area contributed by atoms with Crippen LogP contribution in [0.15, 0.2) is 0 Å². The fraction of sp³-hybridized carbons (Fsp3) is 0.861. The van der Waals surface area contributed by atoms with Gasteiger partial charge in [-0.25, -0.2) is 0 Å². The van der Waals surface area contributed by atoms with E-state index in [4.69, 9.17) is 90.8 Å². The zero-order valence-electron chi connectivity index (χ0n) is 69.8. The molecule has 8 saturated heterocycles. The van der Waals surface area contributed by atoms with Gasteiger partial charge in [-0.05, 0) is 37.3 Å². The summed E-state index contributed by atoms with van der Waals surface area (Å²) in [6, 6.07) is -13.3. The summed E-state index contributed by atoms with van der Waals surface area (Å²) in [5.74, 6) is -6.37. The molecule has 126 heavy (non-hydrogen) atoms. The van der Waals surface area contributed by atoms with E-state index < -0.39 is 345 Å². The van der Waals surface area contributed by atoms with Crippen molar-refractivity contribution in [3.8, 4) is 0 Å². The van der Waals surface area contributed by atoms with Crippen molar-refractivity contribution in [3.63, 3.8) is 0 Å². The van der Waals surface area contributed by atoms with Crippen LogP contribution in [0.25, 0.3) is 0 Å². The van der Waals surface area contributed by atoms with Crippen LogP contribution in [0.1, 0.15) is 81.1 Å². The van der Waals surface area contributed by atoms with Crippen LogP contribution in [0.2, 0.25) is 0 Å². The third-order valence-corrected chi connectivity index (χ3v) is 22.4. The minimum Gasteiger partial charge on any atom is -0.394 e. The van der Waals surface area contributed by atoms with Gasteiger partial charge >= 0.3 is 0 Å². The molecule has 8 amide bonds. The summed E-state index contributed by atoms with van der Waals surface area (Å²) < 4.78 is 88.2. The van der Waals surface area contributed by atoms with Crippen molar-refractivity contribution in [1.82, 2.24) is 63.8 Å². The Kier molecular flexibility index (Phi) is 40.8. The smallest absolute Gasteiger partial charge is 0.217 e. The molecule has 0 spiro atoms. The number of aliphatic hydroxyl groups excluding tert-OH is 18. The fourth-order valence-corrected chi connectivity index (χ4v) is 16.2. The van der Waals surface area contributed by atoms with E-state index in [0.717, 1.165) is 55.4 Å². The molecule has 8 aliphatic heterocycles. The zero-order valence-corrected chi connectivity index (χ0v) is 71.5. The Labute approximate surface area is 731 Å². The molecule has 0 saturated carbocycles. The van der Waals surface area contributed by atoms with E-state index in [1.165, 1.54) is 0 Å². The van der Waals surface area contributed by atoms with Crippen LogP contribution in [0.4, 0.5) is 0 Å². The molecule has 8 fully saturated rings. The number of ether oxygens (including phenoxy) is 14. The van der Waals surface area contributed by atoms with Crippen molar-refractivity contribution in [2.75, 3.05) is 65.9 Å². The second kappa shape index (κ2) is 48.8. The molecular weight excluding hydrogens is 1740 g/mol. The van der Waals surface area contributed by atoms with Crippen LogP contribution in [-0.4, -0.2) is 460 Å². The Morgan fingerprint density at radius 1 is 0.254 bits per heavy atom. The average molecular weight is 1860 g/mol. The third-order valence-electron chi connectivity index (χ3n) is 21.9. The van der Waals surface area contributed by atoms with E-state index >= 15 is 0 Å². The number of thiocarbonyl (C=S) groups is 2. The SMILES string of the molecule is CC(=O)N[C@@H]1[C@@H](O[C@@H]2O[C@H](CO)[C@@H](O)[C@H](O)[C@H]2NC(C)=O)[C@H](O[C@@H]2O[C@H](CO)[C@@H](O)[C@H](O)[C@H]2NC(C)=O)[C@@H](CO[C@@H]2O[C@H](CO)[C@@H](O)[C@H](O)[C@H]2NC(C)=O)O[C@H]1NC(=S)NCCCCCCNC(=S)N[C@@H]1O[C@H](CO[C@@H]2O[C@H](CO)[C@@H](O)[C@H](O)[C@H]2NC(C)=O)[C@@H](O[C@@H]2O[C@H](CO)[C@@H](O)[C@H](O)[C@H]2NC(C)=O)[C@H](O[C@@H]2O[C@H](CO)[C@@H](O)[C@H](O)[C@H]2NC(C)=O)[C@H]1NC(C)=O. The summed E-state index contributed by atoms with van der Waals surface area (Å²) in [7, 11) is 0. The summed E-state index contributed by atoms with van der Waals surface area (Å²) in [6.45, 7) is 1.31. The molecule has 0 radical (unpaired) electrons. The van der Waals surface area contributed by atoms with Gasteiger partial charge in [0.25, 0.3) is 0 Å². The molecule has 0 aliphatic carbocycles. The molecular formula is C72H122N12O40S2. The Hall–Kier alpha value is -6.14. The van der Waals surface area contributed by atoms with E-state index in [0.29, 0.717) is 25.7 Å². The maximum absolute atomic E-state index is 13.6. The number of amides is 8. The number of unbranched alkanes of at least 4 members (excludes halogenated alkanes) is 3. The topological polar surface area (TPSA) is 774 Å². The van der Waals surface area contributed by atoms with Crippen molar-refractivity contribution >= 4 is 81.9 Å². The number of rotatable bonds is 37. The molecule has 8 aliphatic rings. The van der Waals surface area contributed by atoms with Gasteiger partial charge in [0.1, 0.15) is 195 Å². The van der Waals surface area contributed by atoms with E-state index in [1.54, 1.807) is 0 Å². The van der Waals surface area contributed by atoms with Gasteiger partial charge in [0.05, 0.1) is 52.9 Å². The number of carbonyl (C=O) groups excluding carboxylic acids is 8. The first-order valence-corrected chi connectivity index (χ1v) is 41.6. The standard InChI is InChI=1S/C72H122N12O40S2/c1-23(91)75-39-53(105)47(99)31(15-85)115-65(39)111-21-37-59(121-67-41(77-25(3)93)55(107)49(101)33(17-87)117-67)61(123-69-43(79-27(5)95)57(109)51(103)35(19-89)119-69)45(81-29(7)97)63(113-37)83-71(125)73-13-11-9-10-12-14-74-72(126)84-64-46(82-30(8)98)62(124-70-44(80-28(6)96)58(110)52(104)36(20-90)120-70)60(122-68-42(78-26(4)94)56(108)50(102)34(18-88)118-68)38(114-64)22-112-66-40(76-24(2)92)54(106)48(100)32(16-86)116-66/h31-70,85-90,99-110H,9-22H2,1-8H3,(H,75,91)(H,76,92)(H,77,93)(H,78,94)(H,79,95)(H,80,96)(H,81,97)(H,82,98)(H2,73,83,125)(H2,74,84,126)/t31-,32-,33-,34-,35-,36-,37-,38-,39-,40-,41-,42-,43-,44-,45-,46-,47-,48-,49-,50-,51-,52-,53-,54-,55-,56-,57-,58-,59-,60-,61-,62-,63-,64-,65-,66-,67+,68+,69+,70+/m1/s1. The van der Waals surface area contributed by atoms with Crippen LogP contribution >= 0.6 is 24.4 Å². The molecule has 30 N–H and O–H groups in total. The first kappa shape index (κ1) is 105. The van der Waals surface area contributed by atoms with Crippen LogP contribution in [0.5, 0.6) is 0 Å². The second-order valence-electron chi connectivity index (χ2n) is 31.5. The molecule has 54 heteroatoms. The lowest BCUT2D eigenvalue weighted by Crippen LogP contribution is -2.73. The summed E-state index contributed by atoms with van der Waals surface area (Å²) >= 11 is 11.7. The maximum Gasteiger partial charge on any atom is 0.217 e. The zero-order chi connectivity index (χ0) is 93.2. The molecule has 0 aromatic rings. The van der Waals surface area contributed by atoms with E-state index in [9.17, 15) is 130 Å². The van der Waals surface area contributed by atoms with E-state index in [-0.39, 0.29) is 23.3 Å². The second-order valence-corrected chi connectivity index (χ2v) is 32.3. The highest BCUT2D eigenvalue weighted by molar-refractivity contribution is 7.80. The highest BCUT2D eigenvalue weighted by Gasteiger charge is 2.60. The van der Waals surface area contributed by atoms with E-state index in [1.807, 2.05) is 0 Å². The first-order chi connectivity index (χ1) is 59.6. The minimum absolute atomic E-state index is 0.0935. The molecule has 40 atom stereocenters. The van der Waals surface area contributed by atoms with Crippen LogP contribution in [0, 0.1) is 0 Å². The van der Waals surface area contributed by atoms with E-state index in [2.05, 4.69) is 63.8 Å². The van der Waals surface area contributed by atoms with Gasteiger partial charge in [0, 0.05) is 68.5 Å². The van der Waals surface area contributed by atoms with Crippen molar-refractivity contribution in [2.45, 2.75) is 326 Å². The predicted octanol–water partition coefficient (Wildman–Crippen LogP) is -16.8. The van der Waals surface area contributed by atoms with Gasteiger partial charge < -0.3 is 222 Å². The quantitative estimate of drug-likeness (QED) is 0.0203. The Morgan fingerprint density at radius 3 is 0.667 bits per heavy atom. The number of hydrogen-bond donors (Lipinski definition) is 30. The maximum atomic E-state index is 13.6. The third kappa shape index (κ3) is 27.3. The molecule has 0 unspecified atom stereocenters. The molecule has 0 bridgehead atoms. The molecule has 52 nitrogen and oxygen atoms in total. The lowest BCUT2D eigenvalue weighted by atomic mass is 9.92. The van der Waals surface area contributed by atoms with Crippen molar-refractivity contribution in [2.24, 2.45) is 0 Å².